The molecular formula is C15H15N5O3S. The summed E-state index contributed by atoms with van der Waals surface area (Å²) in [5, 5.41) is 9.07. The monoisotopic (exact) mass is 345 g/mol. The molecule has 1 aliphatic carbocycles. The van der Waals surface area contributed by atoms with Crippen molar-refractivity contribution in [2.45, 2.75) is 30.2 Å². The van der Waals surface area contributed by atoms with Crippen molar-refractivity contribution in [1.82, 2.24) is 19.5 Å². The lowest BCUT2D eigenvalue weighted by Crippen LogP contribution is -2.33. The summed E-state index contributed by atoms with van der Waals surface area (Å²) in [5.41, 5.74) is 1.30. The number of nitrogens with two attached hydrogens (primary N) is 1. The van der Waals surface area contributed by atoms with Gasteiger partial charge in [0.1, 0.15) is 0 Å². The Kier molecular flexibility index (Phi) is 2.97. The van der Waals surface area contributed by atoms with Crippen LogP contribution < -0.4 is 5.14 Å². The SMILES string of the molecule is C=C1CC(C)(c2noc(-c3nc(S(N)(=O)=O)c4ccccn34)n2)C1. The first kappa shape index (κ1) is 15.0. The zero-order valence-corrected chi connectivity index (χ0v) is 13.7. The molecule has 1 saturated carbocycles. The molecule has 0 amide bonds. The van der Waals surface area contributed by atoms with Gasteiger partial charge in [0.25, 0.3) is 15.9 Å². The minimum atomic E-state index is -3.97. The molecule has 0 bridgehead atoms. The van der Waals surface area contributed by atoms with Gasteiger partial charge in [0, 0.05) is 11.6 Å². The molecule has 0 radical (unpaired) electrons. The maximum Gasteiger partial charge on any atom is 0.294 e. The van der Waals surface area contributed by atoms with Gasteiger partial charge in [-0.15, -0.1) is 0 Å². The van der Waals surface area contributed by atoms with Crippen LogP contribution in [0.1, 0.15) is 25.6 Å². The number of aromatic nitrogens is 4. The summed E-state index contributed by atoms with van der Waals surface area (Å²) in [5.74, 6) is 0.963. The third-order valence-electron chi connectivity index (χ3n) is 4.22. The number of rotatable bonds is 3. The molecule has 2 N–H and O–H groups in total. The van der Waals surface area contributed by atoms with Crippen LogP contribution in [0.4, 0.5) is 0 Å². The molecule has 3 aromatic rings. The summed E-state index contributed by atoms with van der Waals surface area (Å²) in [6.45, 7) is 5.97. The average Bonchev–Trinajstić information content (AvgIpc) is 3.09. The Bertz CT molecular complexity index is 1070. The van der Waals surface area contributed by atoms with E-state index in [-0.39, 0.29) is 22.2 Å². The van der Waals surface area contributed by atoms with E-state index in [0.29, 0.717) is 11.3 Å². The molecular weight excluding hydrogens is 330 g/mol. The van der Waals surface area contributed by atoms with Crippen molar-refractivity contribution in [2.24, 2.45) is 5.14 Å². The van der Waals surface area contributed by atoms with Gasteiger partial charge in [-0.1, -0.05) is 30.3 Å². The molecule has 8 nitrogen and oxygen atoms in total. The third kappa shape index (κ3) is 2.16. The molecule has 3 aromatic heterocycles. The first-order valence-electron chi connectivity index (χ1n) is 7.29. The normalized spacial score (nSPS) is 17.2. The van der Waals surface area contributed by atoms with Crippen LogP contribution in [0, 0.1) is 0 Å². The lowest BCUT2D eigenvalue weighted by Gasteiger charge is -2.37. The van der Waals surface area contributed by atoms with Crippen molar-refractivity contribution >= 4 is 15.5 Å². The molecule has 0 atom stereocenters. The highest BCUT2D eigenvalue weighted by Gasteiger charge is 2.41. The molecule has 1 aliphatic rings. The fraction of sp³-hybridized carbons (Fsp3) is 0.267. The average molecular weight is 345 g/mol. The van der Waals surface area contributed by atoms with Crippen LogP contribution in [0.2, 0.25) is 0 Å². The number of fused-ring (bicyclic) bond motifs is 1. The maximum absolute atomic E-state index is 11.8. The van der Waals surface area contributed by atoms with Crippen LogP contribution in [0.15, 0.2) is 46.1 Å². The van der Waals surface area contributed by atoms with Gasteiger partial charge < -0.3 is 4.52 Å². The van der Waals surface area contributed by atoms with Crippen LogP contribution in [0.5, 0.6) is 0 Å². The summed E-state index contributed by atoms with van der Waals surface area (Å²) in [7, 11) is -3.97. The zero-order chi connectivity index (χ0) is 17.1. The molecule has 9 heteroatoms. The van der Waals surface area contributed by atoms with Crippen molar-refractivity contribution in [2.75, 3.05) is 0 Å². The number of pyridine rings is 1. The second-order valence-corrected chi connectivity index (χ2v) is 7.81. The first-order chi connectivity index (χ1) is 11.3. The molecule has 1 fully saturated rings. The van der Waals surface area contributed by atoms with Crippen LogP contribution in [0.3, 0.4) is 0 Å². The standard InChI is InChI=1S/C15H15N5O3S/c1-9-7-15(2,8-9)14-18-12(23-19-14)11-17-13(24(16,21)22)10-5-3-4-6-20(10)11/h3-6H,1,7-8H2,2H3,(H2,16,21,22). The summed E-state index contributed by atoms with van der Waals surface area (Å²) in [4.78, 5) is 8.54. The van der Waals surface area contributed by atoms with E-state index in [0.717, 1.165) is 18.4 Å². The highest BCUT2D eigenvalue weighted by atomic mass is 32.2. The molecule has 0 saturated heterocycles. The number of allylic oxidation sites excluding steroid dienone is 1. The van der Waals surface area contributed by atoms with Gasteiger partial charge in [-0.3, -0.25) is 4.40 Å². The molecule has 0 aliphatic heterocycles. The lowest BCUT2D eigenvalue weighted by atomic mass is 9.67. The second kappa shape index (κ2) is 4.74. The lowest BCUT2D eigenvalue weighted by molar-refractivity contribution is 0.322. The largest absolute Gasteiger partial charge is 0.331 e. The van der Waals surface area contributed by atoms with Crippen molar-refractivity contribution in [3.8, 4) is 11.7 Å². The van der Waals surface area contributed by atoms with E-state index in [1.54, 1.807) is 28.8 Å². The summed E-state index contributed by atoms with van der Waals surface area (Å²) in [6.07, 6.45) is 3.27. The minimum absolute atomic E-state index is 0.153. The highest BCUT2D eigenvalue weighted by molar-refractivity contribution is 7.89. The van der Waals surface area contributed by atoms with E-state index in [1.807, 2.05) is 6.92 Å². The van der Waals surface area contributed by atoms with Crippen molar-refractivity contribution in [3.63, 3.8) is 0 Å². The molecule has 3 heterocycles. The van der Waals surface area contributed by atoms with Gasteiger partial charge >= 0.3 is 0 Å². The van der Waals surface area contributed by atoms with E-state index in [4.69, 9.17) is 9.66 Å². The van der Waals surface area contributed by atoms with Crippen LogP contribution >= 0.6 is 0 Å². The number of hydrogen-bond donors (Lipinski definition) is 1. The fourth-order valence-electron chi connectivity index (χ4n) is 3.14. The van der Waals surface area contributed by atoms with Crippen LogP contribution in [0.25, 0.3) is 17.2 Å². The van der Waals surface area contributed by atoms with E-state index in [1.165, 1.54) is 0 Å². The number of sulfonamides is 1. The molecule has 0 spiro atoms. The van der Waals surface area contributed by atoms with Gasteiger partial charge in [0.2, 0.25) is 5.82 Å². The number of primary sulfonamides is 1. The second-order valence-electron chi connectivity index (χ2n) is 6.33. The molecule has 0 aromatic carbocycles. The van der Waals surface area contributed by atoms with E-state index >= 15 is 0 Å². The Labute approximate surface area is 138 Å². The topological polar surface area (TPSA) is 116 Å². The van der Waals surface area contributed by atoms with Crippen molar-refractivity contribution in [1.29, 1.82) is 0 Å². The van der Waals surface area contributed by atoms with Crippen LogP contribution in [-0.4, -0.2) is 27.9 Å². The van der Waals surface area contributed by atoms with Crippen LogP contribution in [-0.2, 0) is 15.4 Å². The predicted octanol–water partition coefficient (Wildman–Crippen LogP) is 1.64. The van der Waals surface area contributed by atoms with Gasteiger partial charge in [-0.2, -0.15) is 4.98 Å². The Morgan fingerprint density at radius 3 is 2.75 bits per heavy atom. The van der Waals surface area contributed by atoms with Crippen molar-refractivity contribution < 1.29 is 12.9 Å². The number of nitrogens with zero attached hydrogens (tertiary/aromatic N) is 4. The smallest absolute Gasteiger partial charge is 0.294 e. The zero-order valence-electron chi connectivity index (χ0n) is 12.9. The Balaban J connectivity index is 1.86. The maximum atomic E-state index is 11.8. The summed E-state index contributed by atoms with van der Waals surface area (Å²) in [6, 6.07) is 5.07. The fourth-order valence-corrected chi connectivity index (χ4v) is 3.81. The van der Waals surface area contributed by atoms with E-state index in [2.05, 4.69) is 21.7 Å². The molecule has 0 unspecified atom stereocenters. The van der Waals surface area contributed by atoms with Gasteiger partial charge in [-0.25, -0.2) is 18.5 Å². The Morgan fingerprint density at radius 1 is 1.33 bits per heavy atom. The molecule has 4 rings (SSSR count). The Morgan fingerprint density at radius 2 is 2.08 bits per heavy atom. The molecule has 124 valence electrons. The summed E-state index contributed by atoms with van der Waals surface area (Å²) < 4.78 is 30.4. The quantitative estimate of drug-likeness (QED) is 0.721. The summed E-state index contributed by atoms with van der Waals surface area (Å²) >= 11 is 0. The minimum Gasteiger partial charge on any atom is -0.331 e. The van der Waals surface area contributed by atoms with E-state index in [9.17, 15) is 8.42 Å². The number of imidazole rings is 1. The highest BCUT2D eigenvalue weighted by Crippen LogP contribution is 2.45. The first-order valence-corrected chi connectivity index (χ1v) is 8.84. The van der Waals surface area contributed by atoms with Gasteiger partial charge in [0.15, 0.2) is 10.9 Å². The molecule has 24 heavy (non-hydrogen) atoms. The van der Waals surface area contributed by atoms with Gasteiger partial charge in [0.05, 0.1) is 5.52 Å². The predicted molar refractivity (Wildman–Crippen MR) is 85.6 cm³/mol. The van der Waals surface area contributed by atoms with E-state index < -0.39 is 10.0 Å². The van der Waals surface area contributed by atoms with Crippen molar-refractivity contribution in [3.05, 3.63) is 42.4 Å². The Hall–Kier alpha value is -2.52. The third-order valence-corrected chi connectivity index (χ3v) is 5.06. The number of hydrogen-bond acceptors (Lipinski definition) is 6. The van der Waals surface area contributed by atoms with Gasteiger partial charge in [-0.05, 0) is 25.0 Å².